The van der Waals surface area contributed by atoms with Crippen LogP contribution >= 0.6 is 0 Å². The molecular formula is C11H18F6N2. The highest BCUT2D eigenvalue weighted by atomic mass is 19.4. The van der Waals surface area contributed by atoms with E-state index in [0.717, 1.165) is 0 Å². The summed E-state index contributed by atoms with van der Waals surface area (Å²) in [6, 6.07) is -0.340. The van der Waals surface area contributed by atoms with E-state index in [1.54, 1.807) is 11.8 Å². The van der Waals surface area contributed by atoms with Crippen LogP contribution in [0.4, 0.5) is 26.3 Å². The quantitative estimate of drug-likeness (QED) is 0.802. The van der Waals surface area contributed by atoms with Crippen LogP contribution in [-0.2, 0) is 0 Å². The lowest BCUT2D eigenvalue weighted by Crippen LogP contribution is -2.49. The van der Waals surface area contributed by atoms with Gasteiger partial charge in [-0.25, -0.2) is 0 Å². The topological polar surface area (TPSA) is 15.3 Å². The predicted octanol–water partition coefficient (Wildman–Crippen LogP) is 2.80. The Bertz CT molecular complexity index is 275. The molecule has 1 aliphatic rings. The number of piperidine rings is 1. The van der Waals surface area contributed by atoms with Crippen LogP contribution < -0.4 is 5.32 Å². The van der Waals surface area contributed by atoms with Crippen molar-refractivity contribution in [3.8, 4) is 0 Å². The zero-order valence-electron chi connectivity index (χ0n) is 10.6. The second-order valence-electron chi connectivity index (χ2n) is 4.97. The molecule has 0 saturated carbocycles. The normalized spacial score (nSPS) is 24.5. The highest BCUT2D eigenvalue weighted by Crippen LogP contribution is 2.33. The Morgan fingerprint density at radius 1 is 1.21 bits per heavy atom. The summed E-state index contributed by atoms with van der Waals surface area (Å²) >= 11 is 0. The van der Waals surface area contributed by atoms with Crippen molar-refractivity contribution in [1.82, 2.24) is 10.2 Å². The molecule has 19 heavy (non-hydrogen) atoms. The molecule has 1 heterocycles. The zero-order valence-corrected chi connectivity index (χ0v) is 10.6. The summed E-state index contributed by atoms with van der Waals surface area (Å²) in [7, 11) is 0. The van der Waals surface area contributed by atoms with Crippen molar-refractivity contribution in [3.05, 3.63) is 0 Å². The number of nitrogens with one attached hydrogen (secondary N) is 1. The molecule has 0 bridgehead atoms. The molecule has 2 atom stereocenters. The number of hydrogen-bond donors (Lipinski definition) is 1. The van der Waals surface area contributed by atoms with E-state index in [9.17, 15) is 26.3 Å². The number of alkyl halides is 6. The third-order valence-electron chi connectivity index (χ3n) is 3.30. The fourth-order valence-corrected chi connectivity index (χ4v) is 2.23. The minimum atomic E-state index is -4.30. The van der Waals surface area contributed by atoms with Gasteiger partial charge in [-0.05, 0) is 26.3 Å². The molecule has 0 amide bonds. The standard InChI is InChI=1S/C11H18F6N2/c1-8(5-18-7-10(12,13)14)19-4-2-3-9(6-19)11(15,16)17/h8-9,18H,2-7H2,1H3. The first-order valence-corrected chi connectivity index (χ1v) is 6.18. The van der Waals surface area contributed by atoms with Crippen LogP contribution in [0.1, 0.15) is 19.8 Å². The summed E-state index contributed by atoms with van der Waals surface area (Å²) in [4.78, 5) is 1.60. The van der Waals surface area contributed by atoms with Gasteiger partial charge in [0.05, 0.1) is 12.5 Å². The van der Waals surface area contributed by atoms with Crippen molar-refractivity contribution >= 4 is 0 Å². The maximum Gasteiger partial charge on any atom is 0.401 e. The van der Waals surface area contributed by atoms with Gasteiger partial charge in [0, 0.05) is 19.1 Å². The number of halogens is 6. The molecule has 1 fully saturated rings. The third-order valence-corrected chi connectivity index (χ3v) is 3.30. The lowest BCUT2D eigenvalue weighted by Gasteiger charge is -2.37. The van der Waals surface area contributed by atoms with Crippen molar-refractivity contribution in [2.75, 3.05) is 26.2 Å². The molecule has 1 saturated heterocycles. The Kier molecular flexibility index (Phi) is 5.49. The Morgan fingerprint density at radius 2 is 1.84 bits per heavy atom. The van der Waals surface area contributed by atoms with E-state index in [2.05, 4.69) is 5.32 Å². The van der Waals surface area contributed by atoms with Gasteiger partial charge in [0.25, 0.3) is 0 Å². The molecule has 8 heteroatoms. The maximum atomic E-state index is 12.6. The summed E-state index contributed by atoms with van der Waals surface area (Å²) < 4.78 is 73.6. The highest BCUT2D eigenvalue weighted by molar-refractivity contribution is 4.81. The van der Waals surface area contributed by atoms with Crippen LogP contribution in [0.25, 0.3) is 0 Å². The maximum absolute atomic E-state index is 12.6. The first kappa shape index (κ1) is 16.6. The van der Waals surface area contributed by atoms with Crippen molar-refractivity contribution in [2.45, 2.75) is 38.2 Å². The Morgan fingerprint density at radius 3 is 2.37 bits per heavy atom. The van der Waals surface area contributed by atoms with Crippen LogP contribution in [0, 0.1) is 5.92 Å². The smallest absolute Gasteiger partial charge is 0.307 e. The molecule has 0 aromatic carbocycles. The number of nitrogens with zero attached hydrogens (tertiary/aromatic N) is 1. The Balaban J connectivity index is 2.38. The van der Waals surface area contributed by atoms with Gasteiger partial charge in [0.15, 0.2) is 0 Å². The second kappa shape index (κ2) is 6.30. The lowest BCUT2D eigenvalue weighted by molar-refractivity contribution is -0.188. The molecule has 0 aromatic rings. The Hall–Kier alpha value is -0.500. The van der Waals surface area contributed by atoms with Crippen LogP contribution in [0.3, 0.4) is 0 Å². The van der Waals surface area contributed by atoms with Crippen molar-refractivity contribution in [2.24, 2.45) is 5.92 Å². The molecule has 1 aliphatic heterocycles. The van der Waals surface area contributed by atoms with Gasteiger partial charge < -0.3 is 5.32 Å². The number of rotatable bonds is 4. The molecule has 0 aromatic heterocycles. The van der Waals surface area contributed by atoms with Crippen LogP contribution in [0.5, 0.6) is 0 Å². The minimum Gasteiger partial charge on any atom is -0.307 e. The monoisotopic (exact) mass is 292 g/mol. The second-order valence-corrected chi connectivity index (χ2v) is 4.97. The van der Waals surface area contributed by atoms with E-state index in [-0.39, 0.29) is 25.6 Å². The van der Waals surface area contributed by atoms with Crippen LogP contribution in [0.15, 0.2) is 0 Å². The van der Waals surface area contributed by atoms with Gasteiger partial charge in [0.2, 0.25) is 0 Å². The van der Waals surface area contributed by atoms with Crippen LogP contribution in [-0.4, -0.2) is 49.5 Å². The molecule has 0 aliphatic carbocycles. The van der Waals surface area contributed by atoms with Gasteiger partial charge in [-0.3, -0.25) is 4.90 Å². The fourth-order valence-electron chi connectivity index (χ4n) is 2.23. The van der Waals surface area contributed by atoms with Gasteiger partial charge in [-0.1, -0.05) is 0 Å². The van der Waals surface area contributed by atoms with Gasteiger partial charge in [-0.15, -0.1) is 0 Å². The first-order chi connectivity index (χ1) is 8.59. The van der Waals surface area contributed by atoms with E-state index < -0.39 is 24.8 Å². The fraction of sp³-hybridized carbons (Fsp3) is 1.00. The number of hydrogen-bond acceptors (Lipinski definition) is 2. The van der Waals surface area contributed by atoms with Crippen molar-refractivity contribution in [3.63, 3.8) is 0 Å². The lowest BCUT2D eigenvalue weighted by atomic mass is 9.96. The zero-order chi connectivity index (χ0) is 14.7. The van der Waals surface area contributed by atoms with Gasteiger partial charge in [0.1, 0.15) is 0 Å². The molecule has 0 spiro atoms. The van der Waals surface area contributed by atoms with E-state index in [1.807, 2.05) is 0 Å². The molecule has 2 nitrogen and oxygen atoms in total. The Labute approximate surface area is 108 Å². The number of likely N-dealkylation sites (tertiary alicyclic amines) is 1. The van der Waals surface area contributed by atoms with Crippen molar-refractivity contribution in [1.29, 1.82) is 0 Å². The molecule has 0 radical (unpaired) electrons. The predicted molar refractivity (Wildman–Crippen MR) is 58.7 cm³/mol. The SMILES string of the molecule is CC(CNCC(F)(F)F)N1CCCC(C(F)(F)F)C1. The summed E-state index contributed by atoms with van der Waals surface area (Å²) in [6.07, 6.45) is -8.00. The third kappa shape index (κ3) is 5.99. The van der Waals surface area contributed by atoms with Crippen molar-refractivity contribution < 1.29 is 26.3 Å². The molecular weight excluding hydrogens is 274 g/mol. The van der Waals surface area contributed by atoms with E-state index in [0.29, 0.717) is 13.0 Å². The molecule has 1 rings (SSSR count). The van der Waals surface area contributed by atoms with Gasteiger partial charge >= 0.3 is 12.4 Å². The minimum absolute atomic E-state index is 0.0318. The average Bonchev–Trinajstić information content (AvgIpc) is 2.26. The molecule has 2 unspecified atom stereocenters. The van der Waals surface area contributed by atoms with Gasteiger partial charge in [-0.2, -0.15) is 26.3 Å². The summed E-state index contributed by atoms with van der Waals surface area (Å²) in [5.74, 6) is -1.37. The average molecular weight is 292 g/mol. The van der Waals surface area contributed by atoms with E-state index in [4.69, 9.17) is 0 Å². The summed E-state index contributed by atoms with van der Waals surface area (Å²) in [6.45, 7) is 0.930. The summed E-state index contributed by atoms with van der Waals surface area (Å²) in [5, 5.41) is 2.23. The molecule has 1 N–H and O–H groups in total. The first-order valence-electron chi connectivity index (χ1n) is 6.18. The highest BCUT2D eigenvalue weighted by Gasteiger charge is 2.42. The molecule has 114 valence electrons. The van der Waals surface area contributed by atoms with E-state index >= 15 is 0 Å². The summed E-state index contributed by atoms with van der Waals surface area (Å²) in [5.41, 5.74) is 0. The largest absolute Gasteiger partial charge is 0.401 e. The van der Waals surface area contributed by atoms with E-state index in [1.165, 1.54) is 0 Å². The van der Waals surface area contributed by atoms with Crippen LogP contribution in [0.2, 0.25) is 0 Å².